The van der Waals surface area contributed by atoms with Crippen molar-refractivity contribution in [1.29, 1.82) is 0 Å². The van der Waals surface area contributed by atoms with E-state index < -0.39 is 93.8 Å². The van der Waals surface area contributed by atoms with E-state index in [2.05, 4.69) is 0 Å². The topological polar surface area (TPSA) is 143 Å². The lowest BCUT2D eigenvalue weighted by molar-refractivity contribution is -0.0543. The van der Waals surface area contributed by atoms with Crippen molar-refractivity contribution in [2.45, 2.75) is 35.1 Å². The van der Waals surface area contributed by atoms with Crippen LogP contribution in [0.25, 0.3) is 0 Å². The first kappa shape index (κ1) is 34.1. The summed E-state index contributed by atoms with van der Waals surface area (Å²) in [6.45, 7) is -4.84. The molecule has 0 unspecified atom stereocenters. The van der Waals surface area contributed by atoms with Gasteiger partial charge in [-0.05, 0) is 11.1 Å². The molecule has 1 aromatic rings. The van der Waals surface area contributed by atoms with E-state index in [4.69, 9.17) is 0 Å². The Hall–Kier alpha value is -1.90. The minimum Gasteiger partial charge on any atom is -0.202 e. The first-order chi connectivity index (χ1) is 16.4. The minimum absolute atomic E-state index is 0.0461. The lowest BCUT2D eigenvalue weighted by atomic mass is 10.1. The van der Waals surface area contributed by atoms with Crippen molar-refractivity contribution in [2.24, 2.45) is 0 Å². The fraction of sp³-hybridized carbons (Fsp3) is 0.500. The number of hydrogen-bond donors (Lipinski definition) is 0. The molecule has 0 atom stereocenters. The molecule has 0 aromatic heterocycles. The molecule has 0 fully saturated rings. The molecule has 0 aliphatic heterocycles. The standard InChI is InChI=1S/C12H8F12N2O8S4/c13-9(14,15)35(27,28)25(36(29,30)10(16,17)18)5-7-2-1-3-8(4-7)6-26(37(31,32)11(19,20)21)38(33,34)12(22,23)24/h1-4H,5-6H2. The maximum atomic E-state index is 12.8. The van der Waals surface area contributed by atoms with Crippen LogP contribution >= 0.6 is 0 Å². The summed E-state index contributed by atoms with van der Waals surface area (Å²) >= 11 is 0. The van der Waals surface area contributed by atoms with Crippen LogP contribution in [-0.4, -0.2) is 63.1 Å². The Labute approximate surface area is 204 Å². The first-order valence-corrected chi connectivity index (χ1v) is 14.1. The molecule has 0 radical (unpaired) electrons. The molecule has 222 valence electrons. The van der Waals surface area contributed by atoms with Crippen LogP contribution in [0.4, 0.5) is 52.7 Å². The van der Waals surface area contributed by atoms with E-state index in [0.717, 1.165) is 0 Å². The molecule has 0 N–H and O–H groups in total. The van der Waals surface area contributed by atoms with Crippen LogP contribution in [0.1, 0.15) is 11.1 Å². The quantitative estimate of drug-likeness (QED) is 0.387. The fourth-order valence-corrected chi connectivity index (χ4v) is 7.47. The van der Waals surface area contributed by atoms with Crippen molar-refractivity contribution in [3.63, 3.8) is 0 Å². The molecule has 0 aliphatic rings. The number of nitrogens with zero attached hydrogens (tertiary/aromatic N) is 2. The van der Waals surface area contributed by atoms with Gasteiger partial charge in [0.05, 0.1) is 13.1 Å². The van der Waals surface area contributed by atoms with Gasteiger partial charge in [0.1, 0.15) is 0 Å². The van der Waals surface area contributed by atoms with Crippen LogP contribution < -0.4 is 0 Å². The average molecular weight is 664 g/mol. The maximum Gasteiger partial charge on any atom is 0.512 e. The molecular formula is C12H8F12N2O8S4. The second-order valence-corrected chi connectivity index (χ2v) is 14.4. The number of hydrogen-bond acceptors (Lipinski definition) is 8. The van der Waals surface area contributed by atoms with E-state index >= 15 is 0 Å². The SMILES string of the molecule is O=S(=O)(N(Cc1cccc(CN(S(=O)(=O)C(F)(F)F)S(=O)(=O)C(F)(F)F)c1)S(=O)(=O)C(F)(F)F)C(F)(F)F. The molecule has 0 saturated carbocycles. The van der Waals surface area contributed by atoms with E-state index in [1.54, 1.807) is 0 Å². The largest absolute Gasteiger partial charge is 0.512 e. The zero-order chi connectivity index (χ0) is 30.6. The molecule has 0 heterocycles. The van der Waals surface area contributed by atoms with E-state index in [1.165, 1.54) is 0 Å². The Bertz CT molecular complexity index is 1280. The highest BCUT2D eigenvalue weighted by Gasteiger charge is 2.62. The van der Waals surface area contributed by atoms with Gasteiger partial charge in [-0.2, -0.15) is 52.7 Å². The fourth-order valence-electron chi connectivity index (χ4n) is 2.18. The van der Waals surface area contributed by atoms with E-state index in [9.17, 15) is 86.4 Å². The van der Waals surface area contributed by atoms with Gasteiger partial charge in [0.2, 0.25) is 0 Å². The van der Waals surface area contributed by atoms with Crippen LogP contribution in [0.2, 0.25) is 0 Å². The number of rotatable bonds is 8. The van der Waals surface area contributed by atoms with Crippen LogP contribution in [0.15, 0.2) is 24.3 Å². The molecule has 10 nitrogen and oxygen atoms in total. The summed E-state index contributed by atoms with van der Waals surface area (Å²) in [6, 6.07) is 0.988. The van der Waals surface area contributed by atoms with E-state index in [0.29, 0.717) is 18.2 Å². The molecule has 26 heteroatoms. The van der Waals surface area contributed by atoms with Gasteiger partial charge in [0, 0.05) is 0 Å². The summed E-state index contributed by atoms with van der Waals surface area (Å²) in [6.07, 6.45) is 0. The van der Waals surface area contributed by atoms with Gasteiger partial charge in [-0.3, -0.25) is 0 Å². The van der Waals surface area contributed by atoms with Crippen molar-refractivity contribution in [3.05, 3.63) is 35.4 Å². The number of alkyl halides is 12. The summed E-state index contributed by atoms with van der Waals surface area (Å²) in [7, 11) is -29.5. The normalized spacial score (nSPS) is 15.3. The van der Waals surface area contributed by atoms with Gasteiger partial charge in [-0.15, -0.1) is 0 Å². The highest BCUT2D eigenvalue weighted by atomic mass is 32.3. The van der Waals surface area contributed by atoms with Gasteiger partial charge >= 0.3 is 62.1 Å². The van der Waals surface area contributed by atoms with Crippen LogP contribution in [0.5, 0.6) is 0 Å². The number of sulfonamides is 4. The monoisotopic (exact) mass is 664 g/mol. The Morgan fingerprint density at radius 1 is 0.474 bits per heavy atom. The van der Waals surface area contributed by atoms with Gasteiger partial charge < -0.3 is 0 Å². The zero-order valence-corrected chi connectivity index (χ0v) is 20.3. The van der Waals surface area contributed by atoms with Crippen molar-refractivity contribution in [3.8, 4) is 0 Å². The average Bonchev–Trinajstić information content (AvgIpc) is 2.66. The summed E-state index contributed by atoms with van der Waals surface area (Å²) in [5, 5.41) is 0. The molecule has 0 saturated heterocycles. The lowest BCUT2D eigenvalue weighted by Gasteiger charge is -2.25. The summed E-state index contributed by atoms with van der Waals surface area (Å²) < 4.78 is 242. The van der Waals surface area contributed by atoms with Gasteiger partial charge in [0.25, 0.3) is 0 Å². The Balaban J connectivity index is 3.76. The number of halogens is 12. The third kappa shape index (κ3) is 6.45. The van der Waals surface area contributed by atoms with Crippen molar-refractivity contribution in [2.75, 3.05) is 0 Å². The Morgan fingerprint density at radius 2 is 0.684 bits per heavy atom. The number of benzene rings is 1. The lowest BCUT2D eigenvalue weighted by Crippen LogP contribution is -2.49. The summed E-state index contributed by atoms with van der Waals surface area (Å²) in [4.78, 5) is 0. The summed E-state index contributed by atoms with van der Waals surface area (Å²) in [5.74, 6) is 0. The van der Waals surface area contributed by atoms with Gasteiger partial charge in [-0.25, -0.2) is 33.7 Å². The van der Waals surface area contributed by atoms with E-state index in [1.807, 2.05) is 0 Å². The predicted octanol–water partition coefficient (Wildman–Crippen LogP) is 2.69. The highest BCUT2D eigenvalue weighted by molar-refractivity contribution is 8.05. The summed E-state index contributed by atoms with van der Waals surface area (Å²) in [5.41, 5.74) is -29.3. The van der Waals surface area contributed by atoms with Crippen molar-refractivity contribution in [1.82, 2.24) is 7.42 Å². The molecular weight excluding hydrogens is 656 g/mol. The predicted molar refractivity (Wildman–Crippen MR) is 97.4 cm³/mol. The van der Waals surface area contributed by atoms with E-state index in [-0.39, 0.29) is 6.07 Å². The first-order valence-electron chi connectivity index (χ1n) is 8.31. The molecule has 0 aliphatic carbocycles. The third-order valence-electron chi connectivity index (χ3n) is 3.86. The highest BCUT2D eigenvalue weighted by Crippen LogP contribution is 2.38. The molecule has 1 aromatic carbocycles. The van der Waals surface area contributed by atoms with Crippen molar-refractivity contribution < 1.29 is 86.4 Å². The van der Waals surface area contributed by atoms with Crippen LogP contribution in [-0.2, 0) is 53.2 Å². The zero-order valence-electron chi connectivity index (χ0n) is 17.1. The molecule has 38 heavy (non-hydrogen) atoms. The second kappa shape index (κ2) is 9.93. The van der Waals surface area contributed by atoms with Crippen molar-refractivity contribution >= 4 is 40.1 Å². The molecule has 0 bridgehead atoms. The molecule has 1 rings (SSSR count). The molecule has 0 amide bonds. The second-order valence-electron chi connectivity index (χ2n) is 6.48. The maximum absolute atomic E-state index is 12.8. The van der Waals surface area contributed by atoms with Gasteiger partial charge in [-0.1, -0.05) is 31.7 Å². The van der Waals surface area contributed by atoms with Crippen LogP contribution in [0, 0.1) is 0 Å². The van der Waals surface area contributed by atoms with Gasteiger partial charge in [0.15, 0.2) is 0 Å². The van der Waals surface area contributed by atoms with Crippen LogP contribution in [0.3, 0.4) is 0 Å². The minimum atomic E-state index is -7.37. The smallest absolute Gasteiger partial charge is 0.202 e. The molecule has 0 spiro atoms. The Morgan fingerprint density at radius 3 is 0.868 bits per heavy atom. The third-order valence-corrected chi connectivity index (χ3v) is 11.2. The Kier molecular flexibility index (Phi) is 8.92.